The lowest BCUT2D eigenvalue weighted by Crippen LogP contribution is -2.19. The molecule has 0 spiro atoms. The summed E-state index contributed by atoms with van der Waals surface area (Å²) in [5, 5.41) is 6.80. The number of hydrogen-bond donors (Lipinski definition) is 2. The second kappa shape index (κ2) is 5.91. The highest BCUT2D eigenvalue weighted by molar-refractivity contribution is 9.10. The summed E-state index contributed by atoms with van der Waals surface area (Å²) in [6, 6.07) is 11.6. The van der Waals surface area contributed by atoms with Crippen LogP contribution in [0.15, 0.2) is 40.9 Å². The molecule has 1 aliphatic rings. The number of rotatable bonds is 2. The summed E-state index contributed by atoms with van der Waals surface area (Å²) in [6.07, 6.45) is 0. The number of halogens is 1. The van der Waals surface area contributed by atoms with Crippen LogP contribution in [-0.4, -0.2) is 11.9 Å². The number of benzene rings is 2. The second-order valence-electron chi connectivity index (χ2n) is 4.61. The van der Waals surface area contributed by atoms with Crippen molar-refractivity contribution in [1.82, 2.24) is 0 Å². The second-order valence-corrected chi connectivity index (χ2v) is 5.87. The Labute approximate surface area is 136 Å². The normalized spacial score (nSPS) is 12.1. The zero-order valence-corrected chi connectivity index (χ0v) is 13.7. The number of ether oxygens (including phenoxy) is 2. The summed E-state index contributed by atoms with van der Waals surface area (Å²) < 4.78 is 11.7. The average molecular weight is 365 g/mol. The van der Waals surface area contributed by atoms with E-state index in [1.165, 1.54) is 0 Å². The maximum absolute atomic E-state index is 5.34. The standard InChI is InChI=1S/C15H13BrN2O2S/c1-9-6-10(2-4-12(9)16)17-15(21)18-11-3-5-13-14(7-11)20-8-19-13/h2-7H,8H2,1H3,(H2,17,18,21). The molecule has 0 amide bonds. The van der Waals surface area contributed by atoms with Crippen LogP contribution in [0.2, 0.25) is 0 Å². The number of nitrogens with one attached hydrogen (secondary N) is 2. The highest BCUT2D eigenvalue weighted by atomic mass is 79.9. The molecule has 108 valence electrons. The van der Waals surface area contributed by atoms with Gasteiger partial charge in [0.15, 0.2) is 16.6 Å². The third-order valence-electron chi connectivity index (χ3n) is 3.05. The van der Waals surface area contributed by atoms with Gasteiger partial charge in [-0.15, -0.1) is 0 Å². The van der Waals surface area contributed by atoms with Gasteiger partial charge < -0.3 is 20.1 Å². The van der Waals surface area contributed by atoms with Crippen LogP contribution in [0.25, 0.3) is 0 Å². The van der Waals surface area contributed by atoms with Gasteiger partial charge in [0.2, 0.25) is 6.79 Å². The van der Waals surface area contributed by atoms with E-state index in [1.807, 2.05) is 43.3 Å². The van der Waals surface area contributed by atoms with Gasteiger partial charge in [-0.1, -0.05) is 15.9 Å². The molecule has 4 nitrogen and oxygen atoms in total. The van der Waals surface area contributed by atoms with E-state index in [9.17, 15) is 0 Å². The van der Waals surface area contributed by atoms with E-state index in [4.69, 9.17) is 21.7 Å². The maximum Gasteiger partial charge on any atom is 0.231 e. The molecular formula is C15H13BrN2O2S. The van der Waals surface area contributed by atoms with E-state index in [0.717, 1.165) is 32.9 Å². The van der Waals surface area contributed by atoms with Crippen molar-refractivity contribution < 1.29 is 9.47 Å². The summed E-state index contributed by atoms with van der Waals surface area (Å²) in [7, 11) is 0. The molecule has 0 saturated heterocycles. The number of fused-ring (bicyclic) bond motifs is 1. The Morgan fingerprint density at radius 1 is 1.05 bits per heavy atom. The Morgan fingerprint density at radius 2 is 1.71 bits per heavy atom. The van der Waals surface area contributed by atoms with Crippen molar-refractivity contribution in [3.05, 3.63) is 46.4 Å². The molecule has 0 saturated carbocycles. The van der Waals surface area contributed by atoms with E-state index in [-0.39, 0.29) is 6.79 Å². The van der Waals surface area contributed by atoms with Crippen LogP contribution in [0.5, 0.6) is 11.5 Å². The van der Waals surface area contributed by atoms with Crippen molar-refractivity contribution >= 4 is 44.6 Å². The molecule has 0 radical (unpaired) electrons. The lowest BCUT2D eigenvalue weighted by molar-refractivity contribution is 0.174. The smallest absolute Gasteiger partial charge is 0.231 e. The molecule has 2 N–H and O–H groups in total. The van der Waals surface area contributed by atoms with Crippen molar-refractivity contribution in [1.29, 1.82) is 0 Å². The molecule has 0 aliphatic carbocycles. The monoisotopic (exact) mass is 364 g/mol. The molecule has 0 bridgehead atoms. The van der Waals surface area contributed by atoms with Crippen molar-refractivity contribution in [3.8, 4) is 11.5 Å². The summed E-state index contributed by atoms with van der Waals surface area (Å²) in [5.41, 5.74) is 2.94. The minimum atomic E-state index is 0.264. The molecule has 0 aromatic heterocycles. The molecule has 0 unspecified atom stereocenters. The van der Waals surface area contributed by atoms with Gasteiger partial charge in [0.05, 0.1) is 0 Å². The minimum Gasteiger partial charge on any atom is -0.454 e. The van der Waals surface area contributed by atoms with Gasteiger partial charge in [-0.2, -0.15) is 0 Å². The fourth-order valence-electron chi connectivity index (χ4n) is 1.99. The topological polar surface area (TPSA) is 42.5 Å². The van der Waals surface area contributed by atoms with Gasteiger partial charge in [-0.25, -0.2) is 0 Å². The zero-order valence-electron chi connectivity index (χ0n) is 11.3. The zero-order chi connectivity index (χ0) is 14.8. The SMILES string of the molecule is Cc1cc(NC(=S)Nc2ccc3c(c2)OCO3)ccc1Br. The maximum atomic E-state index is 5.34. The first kappa shape index (κ1) is 14.2. The van der Waals surface area contributed by atoms with Gasteiger partial charge in [0.25, 0.3) is 0 Å². The largest absolute Gasteiger partial charge is 0.454 e. The van der Waals surface area contributed by atoms with Crippen LogP contribution in [0.3, 0.4) is 0 Å². The molecule has 1 aliphatic heterocycles. The first-order valence-corrected chi connectivity index (χ1v) is 7.56. The van der Waals surface area contributed by atoms with E-state index >= 15 is 0 Å². The van der Waals surface area contributed by atoms with E-state index in [0.29, 0.717) is 5.11 Å². The van der Waals surface area contributed by atoms with Crippen LogP contribution in [0.1, 0.15) is 5.56 Å². The van der Waals surface area contributed by atoms with Gasteiger partial charge in [0, 0.05) is 21.9 Å². The van der Waals surface area contributed by atoms with E-state index in [1.54, 1.807) is 0 Å². The summed E-state index contributed by atoms with van der Waals surface area (Å²) >= 11 is 8.79. The Bertz CT molecular complexity index is 706. The summed E-state index contributed by atoms with van der Waals surface area (Å²) in [5.74, 6) is 1.48. The number of anilines is 2. The van der Waals surface area contributed by atoms with Gasteiger partial charge >= 0.3 is 0 Å². The minimum absolute atomic E-state index is 0.264. The lowest BCUT2D eigenvalue weighted by Gasteiger charge is -2.12. The molecule has 21 heavy (non-hydrogen) atoms. The Balaban J connectivity index is 1.67. The van der Waals surface area contributed by atoms with Gasteiger partial charge in [-0.3, -0.25) is 0 Å². The van der Waals surface area contributed by atoms with Crippen molar-refractivity contribution in [2.45, 2.75) is 6.92 Å². The highest BCUT2D eigenvalue weighted by Gasteiger charge is 2.13. The number of hydrogen-bond acceptors (Lipinski definition) is 3. The molecule has 0 fully saturated rings. The summed E-state index contributed by atoms with van der Waals surface area (Å²) in [4.78, 5) is 0. The Kier molecular flexibility index (Phi) is 3.98. The number of aryl methyl sites for hydroxylation is 1. The molecular weight excluding hydrogens is 352 g/mol. The third kappa shape index (κ3) is 3.28. The summed E-state index contributed by atoms with van der Waals surface area (Å²) in [6.45, 7) is 2.29. The van der Waals surface area contributed by atoms with Crippen LogP contribution in [0, 0.1) is 6.92 Å². The molecule has 1 heterocycles. The fraction of sp³-hybridized carbons (Fsp3) is 0.133. The Hall–Kier alpha value is -1.79. The van der Waals surface area contributed by atoms with Crippen molar-refractivity contribution in [2.24, 2.45) is 0 Å². The molecule has 6 heteroatoms. The third-order valence-corrected chi connectivity index (χ3v) is 4.14. The van der Waals surface area contributed by atoms with Crippen LogP contribution >= 0.6 is 28.1 Å². The molecule has 3 rings (SSSR count). The van der Waals surface area contributed by atoms with E-state index in [2.05, 4.69) is 26.6 Å². The molecule has 2 aromatic carbocycles. The van der Waals surface area contributed by atoms with Crippen molar-refractivity contribution in [2.75, 3.05) is 17.4 Å². The Morgan fingerprint density at radius 3 is 2.48 bits per heavy atom. The van der Waals surface area contributed by atoms with Gasteiger partial charge in [-0.05, 0) is 55.0 Å². The highest BCUT2D eigenvalue weighted by Crippen LogP contribution is 2.34. The van der Waals surface area contributed by atoms with Gasteiger partial charge in [0.1, 0.15) is 0 Å². The predicted molar refractivity (Wildman–Crippen MR) is 91.3 cm³/mol. The van der Waals surface area contributed by atoms with E-state index < -0.39 is 0 Å². The molecule has 0 atom stereocenters. The quantitative estimate of drug-likeness (QED) is 0.777. The molecule has 2 aromatic rings. The van der Waals surface area contributed by atoms with Crippen LogP contribution < -0.4 is 20.1 Å². The predicted octanol–water partition coefficient (Wildman–Crippen LogP) is 4.30. The lowest BCUT2D eigenvalue weighted by atomic mass is 10.2. The van der Waals surface area contributed by atoms with Crippen LogP contribution in [-0.2, 0) is 0 Å². The van der Waals surface area contributed by atoms with Crippen molar-refractivity contribution in [3.63, 3.8) is 0 Å². The first-order chi connectivity index (χ1) is 10.1. The number of thiocarbonyl (C=S) groups is 1. The average Bonchev–Trinajstić information content (AvgIpc) is 2.90. The first-order valence-electron chi connectivity index (χ1n) is 6.35. The van der Waals surface area contributed by atoms with Crippen LogP contribution in [0.4, 0.5) is 11.4 Å². The fourth-order valence-corrected chi connectivity index (χ4v) is 2.47.